The van der Waals surface area contributed by atoms with Gasteiger partial charge in [-0.15, -0.1) is 11.3 Å². The number of nitrogens with one attached hydrogen (secondary N) is 1. The maximum absolute atomic E-state index is 12.9. The van der Waals surface area contributed by atoms with Crippen molar-refractivity contribution in [2.75, 3.05) is 39.3 Å². The van der Waals surface area contributed by atoms with Crippen LogP contribution in [-0.4, -0.2) is 75.2 Å². The van der Waals surface area contributed by atoms with E-state index in [2.05, 4.69) is 20.2 Å². The Hall–Kier alpha value is -2.23. The lowest BCUT2D eigenvalue weighted by Crippen LogP contribution is -2.51. The Labute approximate surface area is 198 Å². The molecule has 9 heteroatoms. The van der Waals surface area contributed by atoms with E-state index in [1.807, 2.05) is 28.8 Å². The molecule has 0 spiro atoms. The minimum atomic E-state index is -0.227. The average molecular weight is 471 g/mol. The van der Waals surface area contributed by atoms with Crippen molar-refractivity contribution in [3.05, 3.63) is 33.7 Å². The number of carbonyl (C=O) groups is 1. The molecule has 1 amide bonds. The molecule has 2 fully saturated rings. The molecule has 1 saturated carbocycles. The predicted molar refractivity (Wildman–Crippen MR) is 132 cm³/mol. The van der Waals surface area contributed by atoms with Gasteiger partial charge in [-0.3, -0.25) is 18.9 Å². The van der Waals surface area contributed by atoms with Crippen LogP contribution in [0.5, 0.6) is 0 Å². The second kappa shape index (κ2) is 9.95. The molecule has 33 heavy (non-hydrogen) atoms. The predicted octanol–water partition coefficient (Wildman–Crippen LogP) is 2.48. The van der Waals surface area contributed by atoms with Crippen molar-refractivity contribution in [2.24, 2.45) is 0 Å². The normalized spacial score (nSPS) is 18.9. The van der Waals surface area contributed by atoms with Crippen LogP contribution in [0.15, 0.2) is 22.3 Å². The average Bonchev–Trinajstić information content (AvgIpc) is 3.43. The number of aromatic nitrogens is 3. The molecule has 0 unspecified atom stereocenters. The monoisotopic (exact) mass is 470 g/mol. The lowest BCUT2D eigenvalue weighted by molar-refractivity contribution is -0.121. The third-order valence-electron chi connectivity index (χ3n) is 7.23. The molecule has 0 bridgehead atoms. The molecule has 178 valence electrons. The Kier molecular flexibility index (Phi) is 6.80. The summed E-state index contributed by atoms with van der Waals surface area (Å²) in [4.78, 5) is 30.5. The van der Waals surface area contributed by atoms with Crippen molar-refractivity contribution in [3.63, 3.8) is 0 Å². The summed E-state index contributed by atoms with van der Waals surface area (Å²) in [5, 5.41) is 9.36. The minimum Gasteiger partial charge on any atom is -0.354 e. The molecule has 5 rings (SSSR count). The molecule has 0 atom stereocenters. The molecule has 1 aliphatic carbocycles. The summed E-state index contributed by atoms with van der Waals surface area (Å²) in [5.74, 6) is 0.544. The van der Waals surface area contributed by atoms with Gasteiger partial charge in [0.25, 0.3) is 5.56 Å². The zero-order valence-corrected chi connectivity index (χ0v) is 20.3. The molecule has 1 N–H and O–H groups in total. The number of piperazine rings is 1. The Balaban J connectivity index is 1.07. The van der Waals surface area contributed by atoms with Crippen LogP contribution in [0.25, 0.3) is 15.7 Å². The second-order valence-electron chi connectivity index (χ2n) is 9.42. The van der Waals surface area contributed by atoms with Crippen LogP contribution in [0.3, 0.4) is 0 Å². The minimum absolute atomic E-state index is 0.0466. The first-order valence-corrected chi connectivity index (χ1v) is 13.2. The number of aryl methyl sites for hydroxylation is 1. The number of hydrogen-bond acceptors (Lipinski definition) is 6. The van der Waals surface area contributed by atoms with Gasteiger partial charge in [-0.2, -0.15) is 5.10 Å². The Bertz CT molecular complexity index is 1170. The molecule has 2 aliphatic rings. The number of nitrogens with zero attached hydrogens (tertiary/aromatic N) is 5. The van der Waals surface area contributed by atoms with E-state index in [1.165, 1.54) is 49.9 Å². The smallest absolute Gasteiger partial charge is 0.291 e. The summed E-state index contributed by atoms with van der Waals surface area (Å²) in [6.07, 6.45) is 7.86. The fraction of sp³-hybridized carbons (Fsp3) is 0.625. The highest BCUT2D eigenvalue weighted by Crippen LogP contribution is 2.25. The van der Waals surface area contributed by atoms with Crippen LogP contribution in [0.4, 0.5) is 0 Å². The van der Waals surface area contributed by atoms with Gasteiger partial charge in [-0.05, 0) is 50.2 Å². The highest BCUT2D eigenvalue weighted by molar-refractivity contribution is 7.17. The molecule has 1 saturated heterocycles. The lowest BCUT2D eigenvalue weighted by atomic mass is 9.94. The number of hydrogen-bond donors (Lipinski definition) is 1. The van der Waals surface area contributed by atoms with Crippen molar-refractivity contribution in [1.82, 2.24) is 29.3 Å². The quantitative estimate of drug-likeness (QED) is 0.537. The maximum atomic E-state index is 12.9. The number of carbonyl (C=O) groups excluding carboxylic acids is 1. The van der Waals surface area contributed by atoms with Gasteiger partial charge < -0.3 is 10.2 Å². The van der Waals surface area contributed by atoms with Crippen molar-refractivity contribution in [2.45, 2.75) is 58.0 Å². The number of rotatable bonds is 7. The summed E-state index contributed by atoms with van der Waals surface area (Å²) in [6.45, 7) is 8.04. The van der Waals surface area contributed by atoms with Crippen molar-refractivity contribution >= 4 is 33.0 Å². The summed E-state index contributed by atoms with van der Waals surface area (Å²) < 4.78 is 4.21. The van der Waals surface area contributed by atoms with E-state index in [9.17, 15) is 9.59 Å². The summed E-state index contributed by atoms with van der Waals surface area (Å²) in [5.41, 5.74) is 1.34. The maximum Gasteiger partial charge on any atom is 0.291 e. The molecule has 3 aromatic heterocycles. The van der Waals surface area contributed by atoms with Crippen LogP contribution in [0.1, 0.15) is 44.3 Å². The van der Waals surface area contributed by atoms with E-state index < -0.39 is 0 Å². The van der Waals surface area contributed by atoms with Crippen molar-refractivity contribution in [1.29, 1.82) is 0 Å². The number of amides is 1. The third kappa shape index (κ3) is 4.85. The van der Waals surface area contributed by atoms with Crippen LogP contribution >= 0.6 is 11.3 Å². The van der Waals surface area contributed by atoms with Gasteiger partial charge in [-0.25, -0.2) is 4.68 Å². The first-order valence-electron chi connectivity index (χ1n) is 12.3. The van der Waals surface area contributed by atoms with Gasteiger partial charge in [0.2, 0.25) is 5.91 Å². The van der Waals surface area contributed by atoms with Gasteiger partial charge >= 0.3 is 0 Å². The Morgan fingerprint density at radius 1 is 1.15 bits per heavy atom. The van der Waals surface area contributed by atoms with Gasteiger partial charge in [-0.1, -0.05) is 19.3 Å². The second-order valence-corrected chi connectivity index (χ2v) is 10.4. The Morgan fingerprint density at radius 3 is 2.73 bits per heavy atom. The SMILES string of the molecule is Cc1nn(CC(=O)NCCCN2CCN(C3CCCCC3)CC2)c(=O)c2cc3sccc3n12. The van der Waals surface area contributed by atoms with Gasteiger partial charge in [0, 0.05) is 38.8 Å². The van der Waals surface area contributed by atoms with Gasteiger partial charge in [0.1, 0.15) is 17.9 Å². The molecule has 3 aromatic rings. The topological polar surface area (TPSA) is 74.9 Å². The molecule has 1 aliphatic heterocycles. The highest BCUT2D eigenvalue weighted by atomic mass is 32.1. The zero-order valence-electron chi connectivity index (χ0n) is 19.5. The van der Waals surface area contributed by atoms with E-state index >= 15 is 0 Å². The van der Waals surface area contributed by atoms with Gasteiger partial charge in [0.05, 0.1) is 10.2 Å². The first-order chi connectivity index (χ1) is 16.1. The van der Waals surface area contributed by atoms with E-state index in [0.717, 1.165) is 42.3 Å². The van der Waals surface area contributed by atoms with E-state index in [1.54, 1.807) is 11.3 Å². The van der Waals surface area contributed by atoms with Gasteiger partial charge in [0.15, 0.2) is 0 Å². The van der Waals surface area contributed by atoms with E-state index in [-0.39, 0.29) is 18.0 Å². The molecule has 0 radical (unpaired) electrons. The highest BCUT2D eigenvalue weighted by Gasteiger charge is 2.24. The third-order valence-corrected chi connectivity index (χ3v) is 8.08. The van der Waals surface area contributed by atoms with Crippen molar-refractivity contribution in [3.8, 4) is 0 Å². The summed E-state index contributed by atoms with van der Waals surface area (Å²) in [7, 11) is 0. The van der Waals surface area contributed by atoms with E-state index in [0.29, 0.717) is 17.9 Å². The van der Waals surface area contributed by atoms with Crippen LogP contribution in [-0.2, 0) is 11.3 Å². The van der Waals surface area contributed by atoms with Crippen molar-refractivity contribution < 1.29 is 4.79 Å². The molecule has 4 heterocycles. The fourth-order valence-corrected chi connectivity index (χ4v) is 6.26. The molecule has 8 nitrogen and oxygen atoms in total. The number of thiophene rings is 1. The number of fused-ring (bicyclic) bond motifs is 3. The first kappa shape index (κ1) is 22.6. The lowest BCUT2D eigenvalue weighted by Gasteiger charge is -2.40. The molecular formula is C24H34N6O2S. The summed E-state index contributed by atoms with van der Waals surface area (Å²) >= 11 is 1.60. The largest absolute Gasteiger partial charge is 0.354 e. The summed E-state index contributed by atoms with van der Waals surface area (Å²) in [6, 6.07) is 4.69. The molecule has 0 aromatic carbocycles. The zero-order chi connectivity index (χ0) is 22.8. The van der Waals surface area contributed by atoms with Crippen LogP contribution < -0.4 is 10.9 Å². The Morgan fingerprint density at radius 2 is 1.94 bits per heavy atom. The van der Waals surface area contributed by atoms with E-state index in [4.69, 9.17) is 0 Å². The standard InChI is InChI=1S/C24H34N6O2S/c1-18-26-29(24(32)21-16-22-20(30(18)21)8-15-33-22)17-23(31)25-9-5-10-27-11-13-28(14-12-27)19-6-3-2-4-7-19/h8,15-16,19H,2-7,9-14,17H2,1H3,(H,25,31). The van der Waals surface area contributed by atoms with Crippen LogP contribution in [0, 0.1) is 6.92 Å². The molecular weight excluding hydrogens is 436 g/mol. The van der Waals surface area contributed by atoms with Crippen LogP contribution in [0.2, 0.25) is 0 Å². The fourth-order valence-electron chi connectivity index (χ4n) is 5.46.